The van der Waals surface area contributed by atoms with E-state index >= 15 is 0 Å². The molecule has 45 heavy (non-hydrogen) atoms. The Bertz CT molecular complexity index is 2750. The van der Waals surface area contributed by atoms with Crippen LogP contribution in [0, 0.1) is 0 Å². The maximum Gasteiger partial charge on any atom is 0.160 e. The Morgan fingerprint density at radius 1 is 0.533 bits per heavy atom. The molecule has 6 aromatic carbocycles. The summed E-state index contributed by atoms with van der Waals surface area (Å²) < 4.78 is 11.1. The van der Waals surface area contributed by atoms with Crippen molar-refractivity contribution in [3.8, 4) is 28.3 Å². The van der Waals surface area contributed by atoms with Gasteiger partial charge in [0, 0.05) is 43.1 Å². The van der Waals surface area contributed by atoms with Crippen LogP contribution in [0.2, 0.25) is 0 Å². The fraction of sp³-hybridized carbons (Fsp3) is 0. The van der Waals surface area contributed by atoms with Crippen molar-refractivity contribution in [3.63, 3.8) is 0 Å². The van der Waals surface area contributed by atoms with Crippen molar-refractivity contribution in [2.24, 2.45) is 0 Å². The molecule has 210 valence electrons. The van der Waals surface area contributed by atoms with E-state index in [9.17, 15) is 0 Å². The molecule has 0 saturated heterocycles. The van der Waals surface area contributed by atoms with E-state index in [0.717, 1.165) is 82.3 Å². The van der Waals surface area contributed by atoms with Gasteiger partial charge in [0.05, 0.1) is 32.3 Å². The van der Waals surface area contributed by atoms with Crippen molar-refractivity contribution in [2.45, 2.75) is 0 Å². The molecular weight excluding hydrogens is 571 g/mol. The molecule has 0 atom stereocenters. The van der Waals surface area contributed by atoms with Crippen LogP contribution in [0.4, 0.5) is 0 Å². The summed E-state index contributed by atoms with van der Waals surface area (Å²) in [5.41, 5.74) is 9.23. The highest BCUT2D eigenvalue weighted by Gasteiger charge is 2.20. The van der Waals surface area contributed by atoms with Crippen LogP contribution in [0.25, 0.3) is 92.4 Å². The number of para-hydroxylation sites is 2. The van der Waals surface area contributed by atoms with E-state index < -0.39 is 0 Å². The lowest BCUT2D eigenvalue weighted by molar-refractivity contribution is 0.673. The predicted octanol–water partition coefficient (Wildman–Crippen LogP) is 11.2. The highest BCUT2D eigenvalue weighted by molar-refractivity contribution is 7.26. The van der Waals surface area contributed by atoms with Crippen LogP contribution in [0.1, 0.15) is 0 Å². The molecule has 10 aromatic rings. The first-order valence-electron chi connectivity index (χ1n) is 15.0. The Kier molecular flexibility index (Phi) is 5.12. The monoisotopic (exact) mass is 593 g/mol. The number of benzene rings is 6. The van der Waals surface area contributed by atoms with Crippen LogP contribution >= 0.6 is 11.3 Å². The third kappa shape index (κ3) is 3.59. The van der Waals surface area contributed by atoms with Crippen molar-refractivity contribution in [3.05, 3.63) is 140 Å². The van der Waals surface area contributed by atoms with E-state index in [1.807, 2.05) is 30.3 Å². The topological polar surface area (TPSA) is 43.9 Å². The molecule has 0 unspecified atom stereocenters. The third-order valence-electron chi connectivity index (χ3n) is 8.83. The molecule has 0 aliphatic rings. The van der Waals surface area contributed by atoms with Crippen molar-refractivity contribution in [1.29, 1.82) is 0 Å². The number of nitrogens with zero attached hydrogens (tertiary/aromatic N) is 3. The molecule has 0 aliphatic heterocycles. The van der Waals surface area contributed by atoms with Gasteiger partial charge in [0.1, 0.15) is 11.2 Å². The summed E-state index contributed by atoms with van der Waals surface area (Å²) in [4.78, 5) is 10.2. The summed E-state index contributed by atoms with van der Waals surface area (Å²) in [5.74, 6) is 0.739. The molecule has 0 N–H and O–H groups in total. The second kappa shape index (κ2) is 9.36. The number of fused-ring (bicyclic) bond motifs is 10. The Morgan fingerprint density at radius 3 is 2.13 bits per heavy atom. The minimum atomic E-state index is 0.739. The minimum absolute atomic E-state index is 0.739. The number of thiophene rings is 1. The summed E-state index contributed by atoms with van der Waals surface area (Å²) >= 11 is 1.75. The Morgan fingerprint density at radius 2 is 1.27 bits per heavy atom. The van der Waals surface area contributed by atoms with Crippen LogP contribution in [0.3, 0.4) is 0 Å². The molecule has 0 saturated carbocycles. The molecular formula is C40H23N3OS. The van der Waals surface area contributed by atoms with Crippen molar-refractivity contribution in [2.75, 3.05) is 0 Å². The van der Waals surface area contributed by atoms with Gasteiger partial charge in [0.15, 0.2) is 5.82 Å². The number of hydrogen-bond donors (Lipinski definition) is 0. The van der Waals surface area contributed by atoms with E-state index in [4.69, 9.17) is 14.4 Å². The molecule has 5 heteroatoms. The summed E-state index contributed by atoms with van der Waals surface area (Å²) in [6.07, 6.45) is 0. The van der Waals surface area contributed by atoms with Gasteiger partial charge in [-0.15, -0.1) is 11.3 Å². The van der Waals surface area contributed by atoms with Gasteiger partial charge in [-0.05, 0) is 42.5 Å². The van der Waals surface area contributed by atoms with E-state index in [1.165, 1.54) is 10.1 Å². The molecule has 4 aromatic heterocycles. The zero-order valence-electron chi connectivity index (χ0n) is 23.9. The van der Waals surface area contributed by atoms with E-state index in [1.54, 1.807) is 11.3 Å². The maximum absolute atomic E-state index is 6.49. The second-order valence-electron chi connectivity index (χ2n) is 11.4. The number of aromatic nitrogens is 3. The van der Waals surface area contributed by atoms with Crippen molar-refractivity contribution in [1.82, 2.24) is 14.5 Å². The lowest BCUT2D eigenvalue weighted by atomic mass is 10.1. The molecule has 0 bridgehead atoms. The first-order chi connectivity index (χ1) is 22.3. The molecule has 0 spiro atoms. The van der Waals surface area contributed by atoms with Gasteiger partial charge in [0.25, 0.3) is 0 Å². The third-order valence-corrected chi connectivity index (χ3v) is 10.00. The van der Waals surface area contributed by atoms with Crippen LogP contribution in [0.15, 0.2) is 144 Å². The molecule has 0 radical (unpaired) electrons. The second-order valence-corrected chi connectivity index (χ2v) is 12.4. The van der Waals surface area contributed by atoms with Gasteiger partial charge < -0.3 is 8.98 Å². The van der Waals surface area contributed by atoms with E-state index in [-0.39, 0.29) is 0 Å². The largest absolute Gasteiger partial charge is 0.455 e. The molecule has 10 rings (SSSR count). The lowest BCUT2D eigenvalue weighted by Crippen LogP contribution is -1.95. The van der Waals surface area contributed by atoms with Gasteiger partial charge in [-0.25, -0.2) is 9.97 Å². The van der Waals surface area contributed by atoms with Crippen LogP contribution in [-0.4, -0.2) is 14.5 Å². The minimum Gasteiger partial charge on any atom is -0.455 e. The van der Waals surface area contributed by atoms with E-state index in [2.05, 4.69) is 114 Å². The molecule has 0 fully saturated rings. The molecule has 0 aliphatic carbocycles. The molecule has 4 heterocycles. The lowest BCUT2D eigenvalue weighted by Gasteiger charge is -2.10. The SMILES string of the molecule is c1ccc(-c2nc(-c3ccc(-n4c5ccccc5c5c6oc7ccccc7c6ccc54)cc3)c3sc4ccccc4c3n2)cc1. The number of furan rings is 1. The maximum atomic E-state index is 6.49. The summed E-state index contributed by atoms with van der Waals surface area (Å²) in [5, 5.41) is 5.76. The Hall–Kier alpha value is -5.78. The summed E-state index contributed by atoms with van der Waals surface area (Å²) in [7, 11) is 0. The number of hydrogen-bond acceptors (Lipinski definition) is 4. The quantitative estimate of drug-likeness (QED) is 0.205. The average Bonchev–Trinajstić information content (AvgIpc) is 3.78. The van der Waals surface area contributed by atoms with Gasteiger partial charge in [-0.2, -0.15) is 0 Å². The standard InChI is InChI=1S/C40H23N3OS/c1-2-10-25(11-3-1)40-41-36(39-37(42-40)30-14-6-9-17-34(30)45-39)24-18-20-26(21-19-24)43-31-15-7-4-13-29(31)35-32(43)23-22-28-27-12-5-8-16-33(27)44-38(28)35/h1-23H. The zero-order chi connectivity index (χ0) is 29.5. The normalized spacial score (nSPS) is 12.0. The van der Waals surface area contributed by atoms with Crippen LogP contribution in [0.5, 0.6) is 0 Å². The Labute approximate surface area is 261 Å². The predicted molar refractivity (Wildman–Crippen MR) is 187 cm³/mol. The zero-order valence-corrected chi connectivity index (χ0v) is 24.8. The van der Waals surface area contributed by atoms with E-state index in [0.29, 0.717) is 0 Å². The fourth-order valence-corrected chi connectivity index (χ4v) is 7.94. The highest BCUT2D eigenvalue weighted by Crippen LogP contribution is 2.42. The fourth-order valence-electron chi connectivity index (χ4n) is 6.78. The summed E-state index contributed by atoms with van der Waals surface area (Å²) in [6, 6.07) is 48.8. The van der Waals surface area contributed by atoms with Crippen molar-refractivity contribution < 1.29 is 4.42 Å². The van der Waals surface area contributed by atoms with Gasteiger partial charge in [-0.1, -0.05) is 97.1 Å². The number of rotatable bonds is 3. The van der Waals surface area contributed by atoms with Gasteiger partial charge in [0.2, 0.25) is 0 Å². The van der Waals surface area contributed by atoms with Crippen LogP contribution in [-0.2, 0) is 0 Å². The average molecular weight is 594 g/mol. The van der Waals surface area contributed by atoms with Crippen LogP contribution < -0.4 is 0 Å². The van der Waals surface area contributed by atoms with Gasteiger partial charge in [-0.3, -0.25) is 0 Å². The Balaban J connectivity index is 1.19. The molecule has 4 nitrogen and oxygen atoms in total. The first kappa shape index (κ1) is 24.6. The first-order valence-corrected chi connectivity index (χ1v) is 15.8. The van der Waals surface area contributed by atoms with Crippen molar-refractivity contribution >= 4 is 75.4 Å². The highest BCUT2D eigenvalue weighted by atomic mass is 32.1. The smallest absolute Gasteiger partial charge is 0.160 e. The summed E-state index contributed by atoms with van der Waals surface area (Å²) in [6.45, 7) is 0. The molecule has 0 amide bonds. The van der Waals surface area contributed by atoms with Gasteiger partial charge >= 0.3 is 0 Å².